The van der Waals surface area contributed by atoms with Crippen LogP contribution in [-0.4, -0.2) is 25.4 Å². The van der Waals surface area contributed by atoms with E-state index in [9.17, 15) is 0 Å². The van der Waals surface area contributed by atoms with Crippen molar-refractivity contribution >= 4 is 0 Å². The van der Waals surface area contributed by atoms with Crippen LogP contribution in [-0.2, 0) is 9.47 Å². The van der Waals surface area contributed by atoms with Crippen molar-refractivity contribution in [1.29, 1.82) is 0 Å². The highest BCUT2D eigenvalue weighted by molar-refractivity contribution is 4.81. The average Bonchev–Trinajstić information content (AvgIpc) is 2.75. The molecule has 0 radical (unpaired) electrons. The monoisotopic (exact) mass is 212 g/mol. The van der Waals surface area contributed by atoms with Gasteiger partial charge in [-0.25, -0.2) is 0 Å². The number of hydrogen-bond donors (Lipinski definition) is 0. The second-order valence-corrected chi connectivity index (χ2v) is 5.84. The minimum atomic E-state index is 0.379. The Kier molecular flexibility index (Phi) is 3.68. The number of rotatable bonds is 4. The summed E-state index contributed by atoms with van der Waals surface area (Å²) in [7, 11) is 0. The lowest BCUT2D eigenvalue weighted by Gasteiger charge is -2.29. The van der Waals surface area contributed by atoms with Gasteiger partial charge in [-0.3, -0.25) is 0 Å². The average molecular weight is 212 g/mol. The smallest absolute Gasteiger partial charge is 0.0581 e. The third kappa shape index (κ3) is 3.46. The topological polar surface area (TPSA) is 18.5 Å². The van der Waals surface area contributed by atoms with E-state index in [-0.39, 0.29) is 0 Å². The van der Waals surface area contributed by atoms with Gasteiger partial charge in [-0.05, 0) is 43.9 Å². The largest absolute Gasteiger partial charge is 0.378 e. The van der Waals surface area contributed by atoms with Crippen molar-refractivity contribution in [2.45, 2.75) is 64.6 Å². The molecule has 2 saturated heterocycles. The summed E-state index contributed by atoms with van der Waals surface area (Å²) in [5.41, 5.74) is 0.379. The van der Waals surface area contributed by atoms with Gasteiger partial charge in [0, 0.05) is 13.2 Å². The molecule has 88 valence electrons. The molecule has 2 fully saturated rings. The van der Waals surface area contributed by atoms with E-state index in [0.29, 0.717) is 17.6 Å². The lowest BCUT2D eigenvalue weighted by atomic mass is 9.80. The molecule has 0 aliphatic carbocycles. The van der Waals surface area contributed by atoms with E-state index < -0.39 is 0 Å². The zero-order chi connectivity index (χ0) is 10.7. The molecule has 2 atom stereocenters. The fraction of sp³-hybridized carbons (Fsp3) is 1.00. The molecule has 0 aromatic heterocycles. The Hall–Kier alpha value is -0.0800. The van der Waals surface area contributed by atoms with Crippen LogP contribution in [0.2, 0.25) is 0 Å². The van der Waals surface area contributed by atoms with Gasteiger partial charge in [0.05, 0.1) is 12.2 Å². The van der Waals surface area contributed by atoms with Crippen LogP contribution in [0.3, 0.4) is 0 Å². The summed E-state index contributed by atoms with van der Waals surface area (Å²) in [6.07, 6.45) is 8.45. The summed E-state index contributed by atoms with van der Waals surface area (Å²) in [5.74, 6) is 0. The van der Waals surface area contributed by atoms with Crippen molar-refractivity contribution in [3.63, 3.8) is 0 Å². The summed E-state index contributed by atoms with van der Waals surface area (Å²) in [6, 6.07) is 0. The molecule has 2 aliphatic rings. The van der Waals surface area contributed by atoms with Gasteiger partial charge in [0.15, 0.2) is 0 Å². The minimum absolute atomic E-state index is 0.379. The van der Waals surface area contributed by atoms with Crippen LogP contribution < -0.4 is 0 Å². The SMILES string of the molecule is CC(C)(CC1CCCO1)CC1CCCO1. The molecule has 2 nitrogen and oxygen atoms in total. The van der Waals surface area contributed by atoms with Gasteiger partial charge in [-0.2, -0.15) is 0 Å². The van der Waals surface area contributed by atoms with Crippen molar-refractivity contribution in [2.75, 3.05) is 13.2 Å². The first-order valence-electron chi connectivity index (χ1n) is 6.39. The second-order valence-electron chi connectivity index (χ2n) is 5.84. The Labute approximate surface area is 93.3 Å². The fourth-order valence-electron chi connectivity index (χ4n) is 2.93. The Balaban J connectivity index is 1.76. The molecule has 2 heteroatoms. The molecule has 2 aliphatic heterocycles. The van der Waals surface area contributed by atoms with Crippen LogP contribution in [0.1, 0.15) is 52.4 Å². The lowest BCUT2D eigenvalue weighted by molar-refractivity contribution is 0.0335. The van der Waals surface area contributed by atoms with E-state index in [2.05, 4.69) is 13.8 Å². The second kappa shape index (κ2) is 4.84. The normalized spacial score (nSPS) is 32.4. The summed E-state index contributed by atoms with van der Waals surface area (Å²) in [4.78, 5) is 0. The van der Waals surface area contributed by atoms with Gasteiger partial charge >= 0.3 is 0 Å². The maximum Gasteiger partial charge on any atom is 0.0581 e. The Morgan fingerprint density at radius 3 is 1.73 bits per heavy atom. The molecular formula is C13H24O2. The highest BCUT2D eigenvalue weighted by atomic mass is 16.5. The van der Waals surface area contributed by atoms with E-state index in [1.807, 2.05) is 0 Å². The third-order valence-corrected chi connectivity index (χ3v) is 3.61. The summed E-state index contributed by atoms with van der Waals surface area (Å²) >= 11 is 0. The van der Waals surface area contributed by atoms with Gasteiger partial charge in [0.2, 0.25) is 0 Å². The Morgan fingerprint density at radius 1 is 0.933 bits per heavy atom. The molecule has 2 rings (SSSR count). The van der Waals surface area contributed by atoms with Gasteiger partial charge in [0.1, 0.15) is 0 Å². The molecule has 0 bridgehead atoms. The summed E-state index contributed by atoms with van der Waals surface area (Å²) in [6.45, 7) is 6.66. The minimum Gasteiger partial charge on any atom is -0.378 e. The van der Waals surface area contributed by atoms with Crippen molar-refractivity contribution < 1.29 is 9.47 Å². The Morgan fingerprint density at radius 2 is 1.40 bits per heavy atom. The van der Waals surface area contributed by atoms with Gasteiger partial charge in [0.25, 0.3) is 0 Å². The molecule has 2 unspecified atom stereocenters. The first-order valence-corrected chi connectivity index (χ1v) is 6.39. The predicted octanol–water partition coefficient (Wildman–Crippen LogP) is 3.15. The predicted molar refractivity (Wildman–Crippen MR) is 61.0 cm³/mol. The van der Waals surface area contributed by atoms with Gasteiger partial charge in [-0.1, -0.05) is 13.8 Å². The van der Waals surface area contributed by atoms with E-state index in [4.69, 9.17) is 9.47 Å². The molecule has 0 N–H and O–H groups in total. The van der Waals surface area contributed by atoms with Crippen LogP contribution in [0.4, 0.5) is 0 Å². The van der Waals surface area contributed by atoms with Crippen LogP contribution in [0, 0.1) is 5.41 Å². The maximum absolute atomic E-state index is 5.71. The zero-order valence-electron chi connectivity index (χ0n) is 10.1. The van der Waals surface area contributed by atoms with Crippen LogP contribution >= 0.6 is 0 Å². The molecule has 2 heterocycles. The van der Waals surface area contributed by atoms with E-state index in [1.165, 1.54) is 38.5 Å². The highest BCUT2D eigenvalue weighted by Gasteiger charge is 2.30. The molecular weight excluding hydrogens is 188 g/mol. The first kappa shape index (κ1) is 11.4. The fourth-order valence-corrected chi connectivity index (χ4v) is 2.93. The number of hydrogen-bond acceptors (Lipinski definition) is 2. The van der Waals surface area contributed by atoms with Crippen LogP contribution in [0.5, 0.6) is 0 Å². The van der Waals surface area contributed by atoms with E-state index >= 15 is 0 Å². The number of ether oxygens (including phenoxy) is 2. The van der Waals surface area contributed by atoms with Crippen molar-refractivity contribution in [3.8, 4) is 0 Å². The van der Waals surface area contributed by atoms with Gasteiger partial charge in [-0.15, -0.1) is 0 Å². The molecule has 15 heavy (non-hydrogen) atoms. The first-order chi connectivity index (χ1) is 7.16. The summed E-state index contributed by atoms with van der Waals surface area (Å²) < 4.78 is 11.4. The lowest BCUT2D eigenvalue weighted by Crippen LogP contribution is -2.25. The van der Waals surface area contributed by atoms with Gasteiger partial charge < -0.3 is 9.47 Å². The van der Waals surface area contributed by atoms with E-state index in [0.717, 1.165) is 13.2 Å². The summed E-state index contributed by atoms with van der Waals surface area (Å²) in [5, 5.41) is 0. The standard InChI is InChI=1S/C13H24O2/c1-13(2,9-11-5-3-7-14-11)10-12-6-4-8-15-12/h11-12H,3-10H2,1-2H3. The Bertz CT molecular complexity index is 169. The molecule has 0 aromatic rings. The van der Waals surface area contributed by atoms with Crippen LogP contribution in [0.15, 0.2) is 0 Å². The zero-order valence-corrected chi connectivity index (χ0v) is 10.1. The third-order valence-electron chi connectivity index (χ3n) is 3.61. The molecule has 0 aromatic carbocycles. The highest BCUT2D eigenvalue weighted by Crippen LogP contribution is 2.35. The van der Waals surface area contributed by atoms with Crippen molar-refractivity contribution in [2.24, 2.45) is 5.41 Å². The van der Waals surface area contributed by atoms with Crippen LogP contribution in [0.25, 0.3) is 0 Å². The van der Waals surface area contributed by atoms with Crippen molar-refractivity contribution in [1.82, 2.24) is 0 Å². The maximum atomic E-state index is 5.71. The van der Waals surface area contributed by atoms with Crippen molar-refractivity contribution in [3.05, 3.63) is 0 Å². The quantitative estimate of drug-likeness (QED) is 0.712. The molecule has 0 saturated carbocycles. The molecule has 0 spiro atoms. The molecule has 0 amide bonds. The van der Waals surface area contributed by atoms with E-state index in [1.54, 1.807) is 0 Å².